The van der Waals surface area contributed by atoms with Crippen LogP contribution in [-0.4, -0.2) is 16.1 Å². The summed E-state index contributed by atoms with van der Waals surface area (Å²) >= 11 is 5.70. The third-order valence-corrected chi connectivity index (χ3v) is 3.36. The van der Waals surface area contributed by atoms with Crippen molar-refractivity contribution in [3.8, 4) is 11.1 Å². The standard InChI is InChI=1S/C16H18ClN3O2/c1-16(2,3)13(22-15(18)21)11-6-4-5-10(7-11)12-8-19-14(17)20-9-12/h4-9,13H,1-3H3,(H2,18,21). The highest BCUT2D eigenvalue weighted by Gasteiger charge is 2.29. The molecule has 5 nitrogen and oxygen atoms in total. The van der Waals surface area contributed by atoms with E-state index in [-0.39, 0.29) is 10.7 Å². The Morgan fingerprint density at radius 1 is 1.23 bits per heavy atom. The van der Waals surface area contributed by atoms with Gasteiger partial charge in [0.1, 0.15) is 6.10 Å². The molecule has 6 heteroatoms. The van der Waals surface area contributed by atoms with Crippen LogP contribution in [0.25, 0.3) is 11.1 Å². The van der Waals surface area contributed by atoms with Gasteiger partial charge >= 0.3 is 6.09 Å². The van der Waals surface area contributed by atoms with E-state index >= 15 is 0 Å². The van der Waals surface area contributed by atoms with Crippen LogP contribution >= 0.6 is 11.6 Å². The zero-order chi connectivity index (χ0) is 16.3. The first kappa shape index (κ1) is 16.2. The van der Waals surface area contributed by atoms with Gasteiger partial charge < -0.3 is 10.5 Å². The van der Waals surface area contributed by atoms with Crippen molar-refractivity contribution in [2.24, 2.45) is 11.1 Å². The van der Waals surface area contributed by atoms with E-state index in [9.17, 15) is 4.79 Å². The molecule has 1 amide bonds. The van der Waals surface area contributed by atoms with Crippen molar-refractivity contribution in [3.05, 3.63) is 47.5 Å². The Balaban J connectivity index is 2.41. The van der Waals surface area contributed by atoms with Crippen LogP contribution < -0.4 is 5.73 Å². The molecule has 0 fully saturated rings. The first-order valence-electron chi connectivity index (χ1n) is 6.81. The summed E-state index contributed by atoms with van der Waals surface area (Å²) in [5.41, 5.74) is 7.51. The molecule has 0 aliphatic rings. The lowest BCUT2D eigenvalue weighted by Crippen LogP contribution is -2.26. The number of rotatable bonds is 3. The molecule has 1 aromatic heterocycles. The predicted octanol–water partition coefficient (Wildman–Crippen LogP) is 3.98. The Hall–Kier alpha value is -2.14. The lowest BCUT2D eigenvalue weighted by molar-refractivity contribution is 0.0360. The highest BCUT2D eigenvalue weighted by atomic mass is 35.5. The number of carbonyl (C=O) groups excluding carboxylic acids is 1. The summed E-state index contributed by atoms with van der Waals surface area (Å²) in [4.78, 5) is 19.1. The zero-order valence-electron chi connectivity index (χ0n) is 12.7. The number of amides is 1. The largest absolute Gasteiger partial charge is 0.441 e. The molecule has 1 heterocycles. The molecule has 0 saturated heterocycles. The Morgan fingerprint density at radius 3 is 2.41 bits per heavy atom. The third kappa shape index (κ3) is 3.95. The van der Waals surface area contributed by atoms with Gasteiger partial charge in [-0.05, 0) is 28.8 Å². The maximum absolute atomic E-state index is 11.2. The molecule has 0 spiro atoms. The molecule has 1 aromatic carbocycles. The van der Waals surface area contributed by atoms with Gasteiger partial charge in [-0.3, -0.25) is 0 Å². The number of primary amides is 1. The second kappa shape index (κ2) is 6.32. The highest BCUT2D eigenvalue weighted by Crippen LogP contribution is 2.37. The Kier molecular flexibility index (Phi) is 4.66. The molecular weight excluding hydrogens is 302 g/mol. The van der Waals surface area contributed by atoms with Gasteiger partial charge in [0.15, 0.2) is 0 Å². The van der Waals surface area contributed by atoms with Crippen molar-refractivity contribution in [2.45, 2.75) is 26.9 Å². The number of nitrogens with zero attached hydrogens (tertiary/aromatic N) is 2. The minimum atomic E-state index is -0.792. The molecule has 0 aliphatic carbocycles. The van der Waals surface area contributed by atoms with E-state index in [1.165, 1.54) is 0 Å². The van der Waals surface area contributed by atoms with Gasteiger partial charge in [-0.25, -0.2) is 14.8 Å². The molecule has 0 bridgehead atoms. The van der Waals surface area contributed by atoms with Crippen LogP contribution in [0.15, 0.2) is 36.7 Å². The van der Waals surface area contributed by atoms with Crippen molar-refractivity contribution in [1.29, 1.82) is 0 Å². The van der Waals surface area contributed by atoms with Crippen LogP contribution in [0.2, 0.25) is 5.28 Å². The number of hydrogen-bond acceptors (Lipinski definition) is 4. The number of benzene rings is 1. The smallest absolute Gasteiger partial charge is 0.405 e. The second-order valence-electron chi connectivity index (χ2n) is 6.05. The van der Waals surface area contributed by atoms with E-state index in [0.29, 0.717) is 0 Å². The number of halogens is 1. The molecule has 116 valence electrons. The summed E-state index contributed by atoms with van der Waals surface area (Å²) in [6, 6.07) is 7.66. The van der Waals surface area contributed by atoms with E-state index in [2.05, 4.69) is 9.97 Å². The molecule has 0 saturated carbocycles. The maximum Gasteiger partial charge on any atom is 0.405 e. The van der Waals surface area contributed by atoms with E-state index in [1.54, 1.807) is 12.4 Å². The molecule has 2 rings (SSSR count). The molecular formula is C16H18ClN3O2. The van der Waals surface area contributed by atoms with Crippen LogP contribution in [0.4, 0.5) is 4.79 Å². The number of aromatic nitrogens is 2. The Morgan fingerprint density at radius 2 is 1.86 bits per heavy atom. The van der Waals surface area contributed by atoms with E-state index in [1.807, 2.05) is 45.0 Å². The number of ether oxygens (including phenoxy) is 1. The van der Waals surface area contributed by atoms with Gasteiger partial charge in [0, 0.05) is 23.4 Å². The Labute approximate surface area is 134 Å². The number of carbonyl (C=O) groups is 1. The maximum atomic E-state index is 11.2. The second-order valence-corrected chi connectivity index (χ2v) is 6.39. The average Bonchev–Trinajstić information content (AvgIpc) is 2.44. The van der Waals surface area contributed by atoms with E-state index < -0.39 is 12.2 Å². The SMILES string of the molecule is CC(C)(C)C(OC(N)=O)c1cccc(-c2cnc(Cl)nc2)c1. The minimum Gasteiger partial charge on any atom is -0.441 e. The average molecular weight is 320 g/mol. The van der Waals surface area contributed by atoms with Gasteiger partial charge in [-0.2, -0.15) is 0 Å². The molecule has 2 N–H and O–H groups in total. The van der Waals surface area contributed by atoms with Crippen molar-refractivity contribution >= 4 is 17.7 Å². The summed E-state index contributed by atoms with van der Waals surface area (Å²) in [5, 5.41) is 0.199. The molecule has 1 atom stereocenters. The summed E-state index contributed by atoms with van der Waals surface area (Å²) in [5.74, 6) is 0. The summed E-state index contributed by atoms with van der Waals surface area (Å²) < 4.78 is 5.30. The fourth-order valence-corrected chi connectivity index (χ4v) is 2.30. The van der Waals surface area contributed by atoms with Gasteiger partial charge in [-0.15, -0.1) is 0 Å². The quantitative estimate of drug-likeness (QED) is 0.868. The fourth-order valence-electron chi connectivity index (χ4n) is 2.20. The van der Waals surface area contributed by atoms with E-state index in [4.69, 9.17) is 22.1 Å². The first-order chi connectivity index (χ1) is 10.3. The van der Waals surface area contributed by atoms with Crippen LogP contribution in [-0.2, 0) is 4.74 Å². The first-order valence-corrected chi connectivity index (χ1v) is 7.19. The van der Waals surface area contributed by atoms with Gasteiger partial charge in [0.05, 0.1) is 0 Å². The van der Waals surface area contributed by atoms with Crippen LogP contribution in [0.3, 0.4) is 0 Å². The summed E-state index contributed by atoms with van der Waals surface area (Å²) in [7, 11) is 0. The fraction of sp³-hybridized carbons (Fsp3) is 0.312. The molecule has 22 heavy (non-hydrogen) atoms. The van der Waals surface area contributed by atoms with Crippen molar-refractivity contribution in [3.63, 3.8) is 0 Å². The summed E-state index contributed by atoms with van der Waals surface area (Å²) in [6.45, 7) is 5.95. The van der Waals surface area contributed by atoms with Crippen molar-refractivity contribution in [1.82, 2.24) is 9.97 Å². The van der Waals surface area contributed by atoms with E-state index in [0.717, 1.165) is 16.7 Å². The normalized spacial score (nSPS) is 12.7. The van der Waals surface area contributed by atoms with Crippen LogP contribution in [0, 0.1) is 5.41 Å². The molecule has 0 radical (unpaired) electrons. The third-order valence-electron chi connectivity index (χ3n) is 3.16. The molecule has 0 aliphatic heterocycles. The number of nitrogens with two attached hydrogens (primary N) is 1. The van der Waals surface area contributed by atoms with Gasteiger partial charge in [-0.1, -0.05) is 39.0 Å². The van der Waals surface area contributed by atoms with Crippen LogP contribution in [0.1, 0.15) is 32.4 Å². The molecule has 1 unspecified atom stereocenters. The highest BCUT2D eigenvalue weighted by molar-refractivity contribution is 6.28. The molecule has 2 aromatic rings. The lowest BCUT2D eigenvalue weighted by Gasteiger charge is -2.30. The van der Waals surface area contributed by atoms with Crippen LogP contribution in [0.5, 0.6) is 0 Å². The van der Waals surface area contributed by atoms with Gasteiger partial charge in [0.2, 0.25) is 5.28 Å². The topological polar surface area (TPSA) is 78.1 Å². The number of hydrogen-bond donors (Lipinski definition) is 1. The zero-order valence-corrected chi connectivity index (χ0v) is 13.5. The predicted molar refractivity (Wildman–Crippen MR) is 85.3 cm³/mol. The minimum absolute atomic E-state index is 0.199. The van der Waals surface area contributed by atoms with Crippen molar-refractivity contribution < 1.29 is 9.53 Å². The monoisotopic (exact) mass is 319 g/mol. The summed E-state index contributed by atoms with van der Waals surface area (Å²) in [6.07, 6.45) is 2.06. The lowest BCUT2D eigenvalue weighted by atomic mass is 9.84. The van der Waals surface area contributed by atoms with Crippen molar-refractivity contribution in [2.75, 3.05) is 0 Å². The van der Waals surface area contributed by atoms with Gasteiger partial charge in [0.25, 0.3) is 0 Å². The Bertz CT molecular complexity index is 666.